The third kappa shape index (κ3) is 3.14. The number of esters is 3. The summed E-state index contributed by atoms with van der Waals surface area (Å²) >= 11 is 0. The van der Waals surface area contributed by atoms with Gasteiger partial charge in [0.1, 0.15) is 17.1 Å². The number of methoxy groups -OCH3 is 1. The average Bonchev–Trinajstić information content (AvgIpc) is 3.30. The fourth-order valence-electron chi connectivity index (χ4n) is 3.92. The zero-order valence-electron chi connectivity index (χ0n) is 17.0. The summed E-state index contributed by atoms with van der Waals surface area (Å²) in [4.78, 5) is 47.9. The maximum absolute atomic E-state index is 12.7. The van der Waals surface area contributed by atoms with Crippen LogP contribution < -0.4 is 19.9 Å². The zero-order valence-corrected chi connectivity index (χ0v) is 17.0. The highest BCUT2D eigenvalue weighted by Crippen LogP contribution is 2.29. The molecule has 9 nitrogen and oxygen atoms in total. The molecule has 0 saturated carbocycles. The van der Waals surface area contributed by atoms with Gasteiger partial charge in [0.15, 0.2) is 0 Å². The molecule has 0 radical (unpaired) electrons. The first-order chi connectivity index (χ1) is 15.9. The summed E-state index contributed by atoms with van der Waals surface area (Å²) in [6.07, 6.45) is 0. The highest BCUT2D eigenvalue weighted by atomic mass is 16.6. The Labute approximate surface area is 185 Å². The number of nitro groups is 1. The van der Waals surface area contributed by atoms with Crippen LogP contribution in [0.3, 0.4) is 0 Å². The van der Waals surface area contributed by atoms with E-state index in [4.69, 9.17) is 9.47 Å². The molecular weight excluding hydrogens is 430 g/mol. The number of carbonyl (C=O) groups excluding carboxylic acids is 3. The Bertz CT molecular complexity index is 1520. The number of hydrogen-bond acceptors (Lipinski definition) is 8. The smallest absolute Gasteiger partial charge is 0.344 e. The third-order valence-electron chi connectivity index (χ3n) is 5.38. The minimum Gasteiger partial charge on any atom is -0.465 e. The van der Waals surface area contributed by atoms with Crippen molar-refractivity contribution in [3.8, 4) is 11.5 Å². The van der Waals surface area contributed by atoms with Crippen LogP contribution in [0, 0.1) is 10.1 Å². The monoisotopic (exact) mass is 443 g/mol. The molecule has 162 valence electrons. The van der Waals surface area contributed by atoms with Crippen LogP contribution in [0.4, 0.5) is 5.69 Å². The van der Waals surface area contributed by atoms with Gasteiger partial charge in [-0.1, -0.05) is 30.3 Å². The minimum absolute atomic E-state index is 0.0806. The van der Waals surface area contributed by atoms with Crippen LogP contribution in [0.25, 0.3) is 11.1 Å². The van der Waals surface area contributed by atoms with Crippen molar-refractivity contribution >= 4 is 34.7 Å². The Balaban J connectivity index is 1.74. The van der Waals surface area contributed by atoms with Gasteiger partial charge in [-0.3, -0.25) is 10.1 Å². The van der Waals surface area contributed by atoms with E-state index in [1.165, 1.54) is 18.2 Å². The molecule has 5 rings (SSSR count). The lowest BCUT2D eigenvalue weighted by atomic mass is 9.99. The first kappa shape index (κ1) is 20.1. The van der Waals surface area contributed by atoms with E-state index in [1.54, 1.807) is 30.3 Å². The van der Waals surface area contributed by atoms with E-state index in [1.807, 2.05) is 6.07 Å². The van der Waals surface area contributed by atoms with Crippen molar-refractivity contribution in [3.05, 3.63) is 97.9 Å². The van der Waals surface area contributed by atoms with Crippen molar-refractivity contribution in [1.82, 2.24) is 0 Å². The fourth-order valence-corrected chi connectivity index (χ4v) is 3.92. The van der Waals surface area contributed by atoms with E-state index < -0.39 is 28.5 Å². The minimum atomic E-state index is -0.916. The highest BCUT2D eigenvalue weighted by molar-refractivity contribution is 6.21. The van der Waals surface area contributed by atoms with E-state index in [0.29, 0.717) is 21.6 Å². The lowest BCUT2D eigenvalue weighted by molar-refractivity contribution is -0.385. The van der Waals surface area contributed by atoms with Crippen molar-refractivity contribution in [2.24, 2.45) is 0 Å². The number of nitro benzene ring substituents is 1. The molecule has 3 aromatic carbocycles. The first-order valence-corrected chi connectivity index (χ1v) is 9.68. The summed E-state index contributed by atoms with van der Waals surface area (Å²) in [7, 11) is 1.10. The molecule has 0 N–H and O–H groups in total. The molecule has 0 saturated heterocycles. The normalized spacial score (nSPS) is 13.8. The maximum Gasteiger partial charge on any atom is 0.344 e. The summed E-state index contributed by atoms with van der Waals surface area (Å²) in [5.74, 6) is -1.69. The van der Waals surface area contributed by atoms with Gasteiger partial charge in [-0.05, 0) is 35.4 Å². The molecule has 3 aromatic rings. The summed E-state index contributed by atoms with van der Waals surface area (Å²) in [6.45, 7) is 0. The molecule has 0 bridgehead atoms. The summed E-state index contributed by atoms with van der Waals surface area (Å²) < 4.78 is 15.5. The van der Waals surface area contributed by atoms with E-state index >= 15 is 0 Å². The number of benzene rings is 3. The van der Waals surface area contributed by atoms with Crippen molar-refractivity contribution < 1.29 is 33.5 Å². The quantitative estimate of drug-likeness (QED) is 0.258. The maximum atomic E-state index is 12.7. The Morgan fingerprint density at radius 1 is 0.848 bits per heavy atom. The molecule has 0 spiro atoms. The number of ether oxygens (including phenoxy) is 3. The molecular formula is C24H13NO8. The second-order valence-corrected chi connectivity index (χ2v) is 7.22. The number of fused-ring (bicyclic) bond motifs is 2. The zero-order chi connectivity index (χ0) is 23.3. The predicted octanol–water partition coefficient (Wildman–Crippen LogP) is 1.62. The van der Waals surface area contributed by atoms with Crippen molar-refractivity contribution in [1.29, 1.82) is 0 Å². The van der Waals surface area contributed by atoms with Crippen molar-refractivity contribution in [3.63, 3.8) is 0 Å². The molecule has 2 aliphatic heterocycles. The summed E-state index contributed by atoms with van der Waals surface area (Å²) in [5.41, 5.74) is 0.552. The van der Waals surface area contributed by atoms with Crippen molar-refractivity contribution in [2.45, 2.75) is 0 Å². The van der Waals surface area contributed by atoms with Crippen LogP contribution in [-0.2, 0) is 14.3 Å². The molecule has 0 aromatic heterocycles. The van der Waals surface area contributed by atoms with Gasteiger partial charge in [0.05, 0.1) is 23.2 Å². The van der Waals surface area contributed by atoms with Crippen LogP contribution in [-0.4, -0.2) is 29.9 Å². The van der Waals surface area contributed by atoms with Gasteiger partial charge < -0.3 is 14.2 Å². The largest absolute Gasteiger partial charge is 0.465 e. The number of carbonyl (C=O) groups is 3. The van der Waals surface area contributed by atoms with Crippen LogP contribution >= 0.6 is 0 Å². The molecule has 9 heteroatoms. The molecule has 0 atom stereocenters. The predicted molar refractivity (Wildman–Crippen MR) is 113 cm³/mol. The van der Waals surface area contributed by atoms with Gasteiger partial charge in [0, 0.05) is 16.5 Å². The lowest BCUT2D eigenvalue weighted by Gasteiger charge is -2.05. The van der Waals surface area contributed by atoms with E-state index in [0.717, 1.165) is 13.2 Å². The van der Waals surface area contributed by atoms with Crippen LogP contribution in [0.1, 0.15) is 21.5 Å². The Morgan fingerprint density at radius 2 is 1.42 bits per heavy atom. The molecule has 0 amide bonds. The van der Waals surface area contributed by atoms with Gasteiger partial charge in [0.25, 0.3) is 5.69 Å². The third-order valence-corrected chi connectivity index (χ3v) is 5.38. The number of rotatable bonds is 4. The lowest BCUT2D eigenvalue weighted by Crippen LogP contribution is -2.12. The molecule has 2 aliphatic rings. The Kier molecular flexibility index (Phi) is 4.52. The Morgan fingerprint density at radius 3 is 1.97 bits per heavy atom. The topological polar surface area (TPSA) is 122 Å². The highest BCUT2D eigenvalue weighted by Gasteiger charge is 2.31. The van der Waals surface area contributed by atoms with Gasteiger partial charge in [0.2, 0.25) is 0 Å². The average molecular weight is 443 g/mol. The Hall–Kier alpha value is -4.79. The molecule has 0 unspecified atom stereocenters. The summed E-state index contributed by atoms with van der Waals surface area (Å²) in [6, 6.07) is 15.7. The number of hydrogen-bond donors (Lipinski definition) is 0. The van der Waals surface area contributed by atoms with Crippen LogP contribution in [0.15, 0.2) is 60.7 Å². The van der Waals surface area contributed by atoms with Gasteiger partial charge in [-0.15, -0.1) is 0 Å². The fraction of sp³-hybridized carbons (Fsp3) is 0.0417. The van der Waals surface area contributed by atoms with Gasteiger partial charge >= 0.3 is 17.9 Å². The second kappa shape index (κ2) is 7.41. The molecule has 33 heavy (non-hydrogen) atoms. The van der Waals surface area contributed by atoms with E-state index in [9.17, 15) is 24.5 Å². The second-order valence-electron chi connectivity index (χ2n) is 7.22. The van der Waals surface area contributed by atoms with Crippen LogP contribution in [0.2, 0.25) is 0 Å². The number of nitrogens with zero attached hydrogens (tertiary/aromatic N) is 1. The molecule has 0 aliphatic carbocycles. The van der Waals surface area contributed by atoms with E-state index in [-0.39, 0.29) is 28.2 Å². The first-order valence-electron chi connectivity index (χ1n) is 9.68. The van der Waals surface area contributed by atoms with Crippen molar-refractivity contribution in [2.75, 3.05) is 7.11 Å². The van der Waals surface area contributed by atoms with Gasteiger partial charge in [-0.25, -0.2) is 14.4 Å². The molecule has 2 heterocycles. The van der Waals surface area contributed by atoms with Gasteiger partial charge in [-0.2, -0.15) is 0 Å². The summed E-state index contributed by atoms with van der Waals surface area (Å²) in [5, 5.41) is 12.1. The van der Waals surface area contributed by atoms with E-state index in [2.05, 4.69) is 4.74 Å². The molecule has 0 fully saturated rings. The standard InChI is InChI=1S/C24H13NO8/c1-31-22(26)14-9-13(7-8-17(14)25(29)30)21-16-11-18-15(10-19(16)33-24(21)28)20(23(27)32-18)12-5-3-2-4-6-12/h2-11H,1H3. The SMILES string of the molecule is COC(=O)c1cc(C2=c3cc4c(cc3OC2=O)=C(c2ccccc2)C(=O)O4)ccc1[N+](=O)[O-]. The van der Waals surface area contributed by atoms with Crippen LogP contribution in [0.5, 0.6) is 11.5 Å².